The van der Waals surface area contributed by atoms with Gasteiger partial charge in [0.05, 0.1) is 14.2 Å². The first kappa shape index (κ1) is 24.5. The summed E-state index contributed by atoms with van der Waals surface area (Å²) >= 11 is 0. The van der Waals surface area contributed by atoms with E-state index in [4.69, 9.17) is 18.9 Å². The molecule has 0 aliphatic carbocycles. The molecule has 6 heteroatoms. The second-order valence-electron chi connectivity index (χ2n) is 8.72. The molecule has 0 saturated heterocycles. The summed E-state index contributed by atoms with van der Waals surface area (Å²) in [6, 6.07) is 21.8. The number of amides is 1. The number of ether oxygens (including phenoxy) is 4. The van der Waals surface area contributed by atoms with Gasteiger partial charge in [0.2, 0.25) is 0 Å². The monoisotopic (exact) mass is 475 g/mol. The predicted molar refractivity (Wildman–Crippen MR) is 135 cm³/mol. The first-order valence-electron chi connectivity index (χ1n) is 12.1. The quantitative estimate of drug-likeness (QED) is 0.459. The maximum atomic E-state index is 12.5. The Kier molecular flexibility index (Phi) is 8.49. The zero-order chi connectivity index (χ0) is 24.5. The van der Waals surface area contributed by atoms with Crippen LogP contribution in [0.15, 0.2) is 66.7 Å². The molecule has 4 bridgehead atoms. The molecule has 1 unspecified atom stereocenters. The van der Waals surface area contributed by atoms with Gasteiger partial charge in [-0.15, -0.1) is 0 Å². The van der Waals surface area contributed by atoms with Crippen LogP contribution in [-0.2, 0) is 24.1 Å². The molecule has 0 radical (unpaired) electrons. The molecule has 3 aromatic rings. The van der Waals surface area contributed by atoms with Gasteiger partial charge in [-0.3, -0.25) is 0 Å². The van der Waals surface area contributed by atoms with E-state index < -0.39 is 0 Å². The van der Waals surface area contributed by atoms with E-state index in [9.17, 15) is 4.79 Å². The Morgan fingerprint density at radius 1 is 0.857 bits per heavy atom. The van der Waals surface area contributed by atoms with Gasteiger partial charge in [0.1, 0.15) is 6.10 Å². The molecule has 1 aliphatic rings. The summed E-state index contributed by atoms with van der Waals surface area (Å²) in [6.07, 6.45) is 4.64. The molecule has 1 atom stereocenters. The molecule has 4 rings (SSSR count). The topological polar surface area (TPSA) is 66.0 Å². The summed E-state index contributed by atoms with van der Waals surface area (Å²) in [4.78, 5) is 12.5. The zero-order valence-electron chi connectivity index (χ0n) is 20.4. The standard InChI is InChI=1S/C29H33NO5/c1-32-25-16-13-21-8-6-7-11-24(34-29(31)30-20-23-9-4-3-5-10-23)15-12-22-14-17-26(33-2)28(19-22)35-27(25)18-21/h3-5,9-10,13-14,16-19,24H,6-8,11-12,15,20H2,1-2H3,(H,30,31). The van der Waals surface area contributed by atoms with E-state index in [0.29, 0.717) is 29.5 Å². The lowest BCUT2D eigenvalue weighted by Crippen LogP contribution is -2.29. The fraction of sp³-hybridized carbons (Fsp3) is 0.345. The Labute approximate surface area is 207 Å². The normalized spacial score (nSPS) is 15.8. The molecule has 0 spiro atoms. The molecule has 1 N–H and O–H groups in total. The maximum absolute atomic E-state index is 12.5. The van der Waals surface area contributed by atoms with Crippen LogP contribution in [0, 0.1) is 0 Å². The van der Waals surface area contributed by atoms with Gasteiger partial charge in [0.15, 0.2) is 23.0 Å². The number of hydrogen-bond acceptors (Lipinski definition) is 5. The highest BCUT2D eigenvalue weighted by molar-refractivity contribution is 5.67. The van der Waals surface area contributed by atoms with Gasteiger partial charge >= 0.3 is 6.09 Å². The molecule has 3 aromatic carbocycles. The third-order valence-electron chi connectivity index (χ3n) is 6.23. The second-order valence-corrected chi connectivity index (χ2v) is 8.72. The Hall–Kier alpha value is -3.67. The first-order valence-corrected chi connectivity index (χ1v) is 12.1. The van der Waals surface area contributed by atoms with Gasteiger partial charge in [0, 0.05) is 6.54 Å². The van der Waals surface area contributed by atoms with Crippen LogP contribution in [0.2, 0.25) is 0 Å². The van der Waals surface area contributed by atoms with Crippen LogP contribution in [0.4, 0.5) is 4.79 Å². The van der Waals surface area contributed by atoms with Crippen molar-refractivity contribution in [3.8, 4) is 23.0 Å². The Balaban J connectivity index is 1.49. The van der Waals surface area contributed by atoms with Crippen molar-refractivity contribution in [3.63, 3.8) is 0 Å². The lowest BCUT2D eigenvalue weighted by Gasteiger charge is -2.20. The van der Waals surface area contributed by atoms with Crippen molar-refractivity contribution >= 4 is 6.09 Å². The van der Waals surface area contributed by atoms with E-state index in [2.05, 4.69) is 11.4 Å². The van der Waals surface area contributed by atoms with E-state index >= 15 is 0 Å². The lowest BCUT2D eigenvalue weighted by molar-refractivity contribution is 0.0856. The van der Waals surface area contributed by atoms with Gasteiger partial charge in [-0.2, -0.15) is 0 Å². The van der Waals surface area contributed by atoms with Crippen molar-refractivity contribution in [3.05, 3.63) is 83.4 Å². The summed E-state index contributed by atoms with van der Waals surface area (Å²) in [7, 11) is 3.27. The molecular weight excluding hydrogens is 442 g/mol. The van der Waals surface area contributed by atoms with Gasteiger partial charge in [-0.25, -0.2) is 4.79 Å². The van der Waals surface area contributed by atoms with Crippen molar-refractivity contribution in [2.75, 3.05) is 14.2 Å². The fourth-order valence-corrected chi connectivity index (χ4v) is 4.29. The fourth-order valence-electron chi connectivity index (χ4n) is 4.29. The maximum Gasteiger partial charge on any atom is 0.407 e. The molecule has 1 amide bonds. The third kappa shape index (κ3) is 6.92. The Morgan fingerprint density at radius 3 is 2.17 bits per heavy atom. The van der Waals surface area contributed by atoms with Crippen molar-refractivity contribution in [1.82, 2.24) is 5.32 Å². The zero-order valence-corrected chi connectivity index (χ0v) is 20.4. The minimum atomic E-state index is -0.376. The number of rotatable bonds is 5. The highest BCUT2D eigenvalue weighted by atomic mass is 16.6. The predicted octanol–water partition coefficient (Wildman–Crippen LogP) is 6.45. The number of fused-ring (bicyclic) bond motifs is 4. The molecule has 0 aromatic heterocycles. The number of carbonyl (C=O) groups is 1. The molecule has 1 aliphatic heterocycles. The highest BCUT2D eigenvalue weighted by Crippen LogP contribution is 2.38. The lowest BCUT2D eigenvalue weighted by atomic mass is 10.00. The first-order chi connectivity index (χ1) is 17.1. The number of methoxy groups -OCH3 is 2. The van der Waals surface area contributed by atoms with Crippen LogP contribution >= 0.6 is 0 Å². The number of aryl methyl sites for hydroxylation is 2. The number of hydrogen-bond donors (Lipinski definition) is 1. The van der Waals surface area contributed by atoms with Crippen LogP contribution in [0.25, 0.3) is 0 Å². The molecule has 0 saturated carbocycles. The van der Waals surface area contributed by atoms with Crippen LogP contribution in [-0.4, -0.2) is 26.4 Å². The average molecular weight is 476 g/mol. The van der Waals surface area contributed by atoms with Gasteiger partial charge < -0.3 is 24.3 Å². The summed E-state index contributed by atoms with van der Waals surface area (Å²) in [5.41, 5.74) is 3.30. The summed E-state index contributed by atoms with van der Waals surface area (Å²) in [5, 5.41) is 2.88. The van der Waals surface area contributed by atoms with Crippen LogP contribution < -0.4 is 19.5 Å². The molecule has 0 fully saturated rings. The molecule has 1 heterocycles. The van der Waals surface area contributed by atoms with E-state index in [1.165, 1.54) is 5.56 Å². The van der Waals surface area contributed by atoms with Crippen LogP contribution in [0.3, 0.4) is 0 Å². The summed E-state index contributed by atoms with van der Waals surface area (Å²) in [6.45, 7) is 0.450. The van der Waals surface area contributed by atoms with Crippen LogP contribution in [0.5, 0.6) is 23.0 Å². The summed E-state index contributed by atoms with van der Waals surface area (Å²) in [5.74, 6) is 2.65. The average Bonchev–Trinajstić information content (AvgIpc) is 2.89. The van der Waals surface area contributed by atoms with E-state index in [-0.39, 0.29) is 12.2 Å². The van der Waals surface area contributed by atoms with Gasteiger partial charge in [0.25, 0.3) is 0 Å². The molecule has 184 valence electrons. The number of alkyl carbamates (subject to hydrolysis) is 1. The number of nitrogens with one attached hydrogen (secondary N) is 1. The smallest absolute Gasteiger partial charge is 0.407 e. The third-order valence-corrected chi connectivity index (χ3v) is 6.23. The largest absolute Gasteiger partial charge is 0.493 e. The van der Waals surface area contributed by atoms with Crippen LogP contribution in [0.1, 0.15) is 42.4 Å². The highest BCUT2D eigenvalue weighted by Gasteiger charge is 2.17. The minimum absolute atomic E-state index is 0.161. The molecule has 35 heavy (non-hydrogen) atoms. The SMILES string of the molecule is COc1ccc2cc1Oc1cc(ccc1OC)CCC(OC(=O)NCc1ccccc1)CCCC2. The van der Waals surface area contributed by atoms with Crippen molar-refractivity contribution in [2.24, 2.45) is 0 Å². The van der Waals surface area contributed by atoms with Gasteiger partial charge in [-0.1, -0.05) is 42.5 Å². The molecule has 6 nitrogen and oxygen atoms in total. The second kappa shape index (κ2) is 12.2. The van der Waals surface area contributed by atoms with Crippen molar-refractivity contribution in [2.45, 2.75) is 51.2 Å². The Morgan fingerprint density at radius 2 is 1.51 bits per heavy atom. The Bertz CT molecular complexity index is 1120. The molecular formula is C29H33NO5. The van der Waals surface area contributed by atoms with E-state index in [0.717, 1.165) is 49.7 Å². The van der Waals surface area contributed by atoms with Crippen molar-refractivity contribution < 1.29 is 23.7 Å². The van der Waals surface area contributed by atoms with E-state index in [1.807, 2.05) is 60.7 Å². The van der Waals surface area contributed by atoms with Crippen molar-refractivity contribution in [1.29, 1.82) is 0 Å². The van der Waals surface area contributed by atoms with Gasteiger partial charge in [-0.05, 0) is 79.5 Å². The minimum Gasteiger partial charge on any atom is -0.493 e. The number of carbonyl (C=O) groups excluding carboxylic acids is 1. The summed E-state index contributed by atoms with van der Waals surface area (Å²) < 4.78 is 23.2. The number of benzene rings is 3. The van der Waals surface area contributed by atoms with E-state index in [1.54, 1.807) is 14.2 Å².